The number of cyclic esters (lactones) is 1. The maximum absolute atomic E-state index is 14.9. The third-order valence-electron chi connectivity index (χ3n) is 17.0. The molecule has 3 aromatic rings. The van der Waals surface area contributed by atoms with Gasteiger partial charge >= 0.3 is 5.97 Å². The Morgan fingerprint density at radius 3 is 2.15 bits per heavy atom. The van der Waals surface area contributed by atoms with Crippen LogP contribution in [0.5, 0.6) is 0 Å². The Balaban J connectivity index is 1.28. The van der Waals surface area contributed by atoms with Gasteiger partial charge in [0.25, 0.3) is 0 Å². The van der Waals surface area contributed by atoms with Gasteiger partial charge in [-0.3, -0.25) is 9.59 Å². The number of methoxy groups -OCH3 is 3. The summed E-state index contributed by atoms with van der Waals surface area (Å²) in [5.41, 5.74) is -1.27. The fraction of sp³-hybridized carbons (Fsp3) is 0.745. The van der Waals surface area contributed by atoms with Crippen molar-refractivity contribution in [2.24, 2.45) is 29.6 Å². The van der Waals surface area contributed by atoms with E-state index in [1.54, 1.807) is 60.1 Å². The van der Waals surface area contributed by atoms with Crippen LogP contribution in [0.3, 0.4) is 0 Å². The molecule has 0 radical (unpaired) electrons. The van der Waals surface area contributed by atoms with Gasteiger partial charge in [0.1, 0.15) is 54.8 Å². The van der Waals surface area contributed by atoms with Gasteiger partial charge in [-0.15, -0.1) is 5.10 Å². The number of aromatic nitrogens is 5. The van der Waals surface area contributed by atoms with E-state index in [0.717, 1.165) is 16.7 Å². The van der Waals surface area contributed by atoms with Gasteiger partial charge in [-0.1, -0.05) is 64.1 Å². The summed E-state index contributed by atoms with van der Waals surface area (Å²) in [7, 11) is 6.46. The van der Waals surface area contributed by atoms with Gasteiger partial charge in [-0.2, -0.15) is 0 Å². The number of hydrogen-bond donors (Lipinski definition) is 4. The largest absolute Gasteiger partial charge is 0.459 e. The summed E-state index contributed by atoms with van der Waals surface area (Å²) in [5.74, 6) is -5.21. The number of halogens is 1. The average Bonchev–Trinajstić information content (AvgIpc) is 3.87. The highest BCUT2D eigenvalue weighted by Crippen LogP contribution is 2.46. The Hall–Kier alpha value is -3.93. The van der Waals surface area contributed by atoms with Gasteiger partial charge in [0.15, 0.2) is 6.29 Å². The van der Waals surface area contributed by atoms with E-state index in [9.17, 15) is 34.4 Å². The quantitative estimate of drug-likeness (QED) is 0.134. The lowest BCUT2D eigenvalue weighted by Crippen LogP contribution is -2.62. The Morgan fingerprint density at radius 2 is 1.55 bits per heavy atom. The Kier molecular flexibility index (Phi) is 20.3. The van der Waals surface area contributed by atoms with Crippen LogP contribution < -0.4 is 0 Å². The molecular weight excluding hydrogens is 972 g/mol. The summed E-state index contributed by atoms with van der Waals surface area (Å²) in [6.07, 6.45) is -1.94. The number of ketones is 1. The predicted octanol–water partition coefficient (Wildman–Crippen LogP) is 5.27. The van der Waals surface area contributed by atoms with Crippen LogP contribution in [0.1, 0.15) is 118 Å². The van der Waals surface area contributed by atoms with Crippen LogP contribution in [-0.2, 0) is 49.2 Å². The molecule has 20 heteroatoms. The Bertz CT molecular complexity index is 2300. The molecule has 0 bridgehead atoms. The SMILES string of the molecule is CC[C@H]1OC(=O)[C@H](C)[C@@H](C2C[C@@](C)(OC)[C@@H](O)[C@H](C)O2)[C@H](C)[C@@H](O[C@@H]2O[C@H](C)C[C@H](N(C)CCc3cn([C@H](CF)[C@H](OC)c4ccc(-c5cncnc5)cc4)nn3)[C@H]2O)[C@](C)(OC)C[C@@H](C)C(=O)[C@H](C)[C@@H](O)[C@]1(C)O. The van der Waals surface area contributed by atoms with Crippen molar-refractivity contribution in [3.8, 4) is 11.1 Å². The summed E-state index contributed by atoms with van der Waals surface area (Å²) in [5, 5.41) is 56.0. The molecule has 19 nitrogen and oxygen atoms in total. The van der Waals surface area contributed by atoms with Gasteiger partial charge in [-0.25, -0.2) is 19.0 Å². The van der Waals surface area contributed by atoms with Crippen LogP contribution in [0.25, 0.3) is 11.1 Å². The van der Waals surface area contributed by atoms with Crippen LogP contribution in [0.15, 0.2) is 49.2 Å². The molecule has 0 spiro atoms. The summed E-state index contributed by atoms with van der Waals surface area (Å²) >= 11 is 0. The third-order valence-corrected chi connectivity index (χ3v) is 17.0. The smallest absolute Gasteiger partial charge is 0.309 e. The first-order valence-corrected chi connectivity index (χ1v) is 26.5. The highest BCUT2D eigenvalue weighted by atomic mass is 19.1. The molecule has 2 aromatic heterocycles. The maximum Gasteiger partial charge on any atom is 0.309 e. The van der Waals surface area contributed by atoms with Crippen molar-refractivity contribution in [3.05, 3.63) is 60.4 Å². The van der Waals surface area contributed by atoms with E-state index in [-0.39, 0.29) is 25.0 Å². The van der Waals surface area contributed by atoms with E-state index in [1.165, 1.54) is 39.3 Å². The minimum Gasteiger partial charge on any atom is -0.459 e. The van der Waals surface area contributed by atoms with Crippen molar-refractivity contribution in [2.45, 2.75) is 191 Å². The standard InChI is InChI=1S/C55H85FN6O13/c1-15-43-55(10,68)48(65)34(6)45(63)30(2)23-54(9,71-14)50(32(4)44(33(5)51(67)74-43)42-24-53(8,70-13)49(66)35(7)73-42)75-52-46(64)40(22-31(3)72-52)61(11)21-20-39-28-62(60-59-39)41(25-56)47(69-12)37-18-16-36(17-19-37)38-26-57-29-58-27-38/h16-19,26-35,40-44,46-50,52,64-66,68H,15,20-25H2,1-14H3/t30-,31-,32+,33-,34+,35+,40+,41-,42?,43-,44+,46-,47-,48-,49+,50-,52+,53-,54-,55-/m1/s1. The Morgan fingerprint density at radius 1 is 0.893 bits per heavy atom. The molecule has 3 aliphatic heterocycles. The fourth-order valence-electron chi connectivity index (χ4n) is 12.2. The molecule has 0 saturated carbocycles. The lowest BCUT2D eigenvalue weighted by atomic mass is 9.67. The van der Waals surface area contributed by atoms with Crippen LogP contribution in [0, 0.1) is 29.6 Å². The zero-order chi connectivity index (χ0) is 55.3. The van der Waals surface area contributed by atoms with Gasteiger partial charge in [0, 0.05) is 88.7 Å². The van der Waals surface area contributed by atoms with Crippen LogP contribution in [0.4, 0.5) is 4.39 Å². The van der Waals surface area contributed by atoms with Crippen LogP contribution >= 0.6 is 0 Å². The molecule has 1 aromatic carbocycles. The number of aliphatic hydroxyl groups is 4. The van der Waals surface area contributed by atoms with E-state index >= 15 is 0 Å². The molecule has 3 aliphatic rings. The summed E-state index contributed by atoms with van der Waals surface area (Å²) < 4.78 is 61.0. The summed E-state index contributed by atoms with van der Waals surface area (Å²) in [6.45, 7) is 16.9. The molecule has 4 N–H and O–H groups in total. The van der Waals surface area contributed by atoms with E-state index in [2.05, 4.69) is 20.3 Å². The zero-order valence-corrected chi connectivity index (χ0v) is 46.4. The monoisotopic (exact) mass is 1060 g/mol. The normalized spacial score (nSPS) is 38.4. The highest BCUT2D eigenvalue weighted by molar-refractivity contribution is 5.83. The topological polar surface area (TPSA) is 239 Å². The number of Topliss-reactive ketones (excluding diaryl/α,β-unsaturated/α-hetero) is 1. The molecule has 420 valence electrons. The number of likely N-dealkylation sites (N-methyl/N-ethyl adjacent to an activating group) is 1. The first-order chi connectivity index (χ1) is 35.4. The maximum atomic E-state index is 14.9. The van der Waals surface area contributed by atoms with Crippen molar-refractivity contribution in [1.29, 1.82) is 0 Å². The number of carbonyl (C=O) groups excluding carboxylic acids is 2. The number of benzene rings is 1. The molecule has 75 heavy (non-hydrogen) atoms. The van der Waals surface area contributed by atoms with Crippen molar-refractivity contribution in [1.82, 2.24) is 29.9 Å². The first kappa shape index (κ1) is 60.3. The second-order valence-electron chi connectivity index (χ2n) is 22.3. The molecule has 3 saturated heterocycles. The molecular formula is C55H85FN6O13. The number of carbonyl (C=O) groups is 2. The number of esters is 1. The van der Waals surface area contributed by atoms with E-state index in [1.807, 2.05) is 57.0 Å². The third kappa shape index (κ3) is 13.0. The highest BCUT2D eigenvalue weighted by Gasteiger charge is 2.56. The Labute approximate surface area is 442 Å². The molecule has 1 unspecified atom stereocenters. The number of nitrogens with zero attached hydrogens (tertiary/aromatic N) is 6. The summed E-state index contributed by atoms with van der Waals surface area (Å²) in [4.78, 5) is 39.2. The average molecular weight is 1060 g/mol. The molecule has 0 aliphatic carbocycles. The molecule has 5 heterocycles. The van der Waals surface area contributed by atoms with Crippen LogP contribution in [-0.4, -0.2) is 182 Å². The van der Waals surface area contributed by atoms with E-state index < -0.39 is 132 Å². The number of hydrogen-bond acceptors (Lipinski definition) is 18. The van der Waals surface area contributed by atoms with Crippen molar-refractivity contribution in [3.63, 3.8) is 0 Å². The minimum atomic E-state index is -2.00. The lowest BCUT2D eigenvalue weighted by Gasteiger charge is -2.52. The van der Waals surface area contributed by atoms with Crippen molar-refractivity contribution >= 4 is 11.8 Å². The number of ether oxygens (including phenoxy) is 7. The number of aliphatic hydroxyl groups excluding tert-OH is 3. The minimum absolute atomic E-state index is 0.0723. The fourth-order valence-corrected chi connectivity index (χ4v) is 12.2. The van der Waals surface area contributed by atoms with Gasteiger partial charge in [-0.05, 0) is 78.0 Å². The van der Waals surface area contributed by atoms with Gasteiger partial charge in [0.2, 0.25) is 0 Å². The number of rotatable bonds is 16. The first-order valence-electron chi connectivity index (χ1n) is 26.5. The van der Waals surface area contributed by atoms with Gasteiger partial charge < -0.3 is 58.5 Å². The van der Waals surface area contributed by atoms with E-state index in [4.69, 9.17) is 33.2 Å². The zero-order valence-electron chi connectivity index (χ0n) is 46.4. The molecule has 20 atom stereocenters. The number of alkyl halides is 1. The second-order valence-corrected chi connectivity index (χ2v) is 22.3. The molecule has 0 amide bonds. The van der Waals surface area contributed by atoms with Crippen molar-refractivity contribution < 1.29 is 67.6 Å². The summed E-state index contributed by atoms with van der Waals surface area (Å²) in [6, 6.07) is 6.30. The van der Waals surface area contributed by atoms with E-state index in [0.29, 0.717) is 25.1 Å². The van der Waals surface area contributed by atoms with Gasteiger partial charge in [0.05, 0.1) is 53.3 Å². The predicted molar refractivity (Wildman–Crippen MR) is 275 cm³/mol. The molecule has 3 fully saturated rings. The lowest BCUT2D eigenvalue weighted by molar-refractivity contribution is -0.305. The van der Waals surface area contributed by atoms with Crippen molar-refractivity contribution in [2.75, 3.05) is 41.6 Å². The van der Waals surface area contributed by atoms with Crippen LogP contribution in [0.2, 0.25) is 0 Å². The second kappa shape index (κ2) is 25.2. The molecule has 6 rings (SSSR count).